The van der Waals surface area contributed by atoms with Crippen LogP contribution in [-0.2, 0) is 0 Å². The minimum absolute atomic E-state index is 0.330. The van der Waals surface area contributed by atoms with Crippen LogP contribution in [0.2, 0.25) is 0 Å². The molecule has 1 N–H and O–H groups in total. The molecule has 2 rings (SSSR count). The van der Waals surface area contributed by atoms with E-state index in [4.69, 9.17) is 9.47 Å². The molecule has 3 heteroatoms. The van der Waals surface area contributed by atoms with Crippen molar-refractivity contribution in [2.45, 2.75) is 26.3 Å². The SMILES string of the molecule is CCNC(c1c(OC)cccc1OC)C1CC1C. The maximum absolute atomic E-state index is 5.51. The highest BCUT2D eigenvalue weighted by Gasteiger charge is 2.41. The van der Waals surface area contributed by atoms with Crippen LogP contribution in [-0.4, -0.2) is 20.8 Å². The maximum Gasteiger partial charge on any atom is 0.127 e. The molecular weight excluding hydrogens is 226 g/mol. The van der Waals surface area contributed by atoms with Gasteiger partial charge in [0.1, 0.15) is 11.5 Å². The Kier molecular flexibility index (Phi) is 4.12. The zero-order valence-electron chi connectivity index (χ0n) is 11.7. The van der Waals surface area contributed by atoms with Crippen molar-refractivity contribution in [1.82, 2.24) is 5.32 Å². The van der Waals surface area contributed by atoms with Crippen molar-refractivity contribution in [2.24, 2.45) is 11.8 Å². The monoisotopic (exact) mass is 249 g/mol. The largest absolute Gasteiger partial charge is 0.496 e. The molecule has 1 saturated carbocycles. The molecule has 0 aliphatic heterocycles. The van der Waals surface area contributed by atoms with E-state index < -0.39 is 0 Å². The lowest BCUT2D eigenvalue weighted by atomic mass is 9.98. The first-order chi connectivity index (χ1) is 8.72. The van der Waals surface area contributed by atoms with Crippen molar-refractivity contribution < 1.29 is 9.47 Å². The predicted octanol–water partition coefficient (Wildman–Crippen LogP) is 3.01. The number of rotatable bonds is 6. The lowest BCUT2D eigenvalue weighted by Gasteiger charge is -2.23. The first kappa shape index (κ1) is 13.2. The van der Waals surface area contributed by atoms with Gasteiger partial charge in [0.05, 0.1) is 19.8 Å². The molecule has 1 aliphatic carbocycles. The van der Waals surface area contributed by atoms with Gasteiger partial charge in [0.25, 0.3) is 0 Å². The van der Waals surface area contributed by atoms with E-state index in [1.165, 1.54) is 12.0 Å². The average Bonchev–Trinajstić information content (AvgIpc) is 3.12. The number of ether oxygens (including phenoxy) is 2. The molecule has 0 saturated heterocycles. The highest BCUT2D eigenvalue weighted by Crippen LogP contribution is 2.50. The molecule has 1 aromatic carbocycles. The van der Waals surface area contributed by atoms with Gasteiger partial charge in [0.2, 0.25) is 0 Å². The Morgan fingerprint density at radius 3 is 2.22 bits per heavy atom. The Bertz CT molecular complexity index is 383. The second-order valence-electron chi connectivity index (χ2n) is 4.99. The average molecular weight is 249 g/mol. The highest BCUT2D eigenvalue weighted by molar-refractivity contribution is 5.47. The van der Waals surface area contributed by atoms with E-state index in [0.29, 0.717) is 12.0 Å². The second-order valence-corrected chi connectivity index (χ2v) is 4.99. The summed E-state index contributed by atoms with van der Waals surface area (Å²) in [7, 11) is 3.44. The van der Waals surface area contributed by atoms with E-state index >= 15 is 0 Å². The van der Waals surface area contributed by atoms with E-state index in [0.717, 1.165) is 24.0 Å². The third-order valence-corrected chi connectivity index (χ3v) is 3.80. The van der Waals surface area contributed by atoms with Crippen molar-refractivity contribution >= 4 is 0 Å². The number of benzene rings is 1. The third-order valence-electron chi connectivity index (χ3n) is 3.80. The standard InChI is InChI=1S/C15H23NO2/c1-5-16-15(11-9-10(11)2)14-12(17-3)7-6-8-13(14)18-4/h6-8,10-11,15-16H,5,9H2,1-4H3. The third kappa shape index (κ3) is 2.46. The van der Waals surface area contributed by atoms with E-state index in [2.05, 4.69) is 19.2 Å². The van der Waals surface area contributed by atoms with Gasteiger partial charge in [-0.2, -0.15) is 0 Å². The van der Waals surface area contributed by atoms with Crippen LogP contribution < -0.4 is 14.8 Å². The first-order valence-corrected chi connectivity index (χ1v) is 6.67. The summed E-state index contributed by atoms with van der Waals surface area (Å²) >= 11 is 0. The number of nitrogens with one attached hydrogen (secondary N) is 1. The van der Waals surface area contributed by atoms with Gasteiger partial charge in [-0.3, -0.25) is 0 Å². The zero-order chi connectivity index (χ0) is 13.1. The van der Waals surface area contributed by atoms with Crippen LogP contribution in [0.5, 0.6) is 11.5 Å². The Morgan fingerprint density at radius 2 is 1.83 bits per heavy atom. The van der Waals surface area contributed by atoms with Crippen LogP contribution in [0.3, 0.4) is 0 Å². The van der Waals surface area contributed by atoms with Gasteiger partial charge >= 0.3 is 0 Å². The molecule has 0 spiro atoms. The smallest absolute Gasteiger partial charge is 0.127 e. The molecule has 100 valence electrons. The summed E-state index contributed by atoms with van der Waals surface area (Å²) in [5, 5.41) is 3.58. The highest BCUT2D eigenvalue weighted by atomic mass is 16.5. The van der Waals surface area contributed by atoms with Crippen molar-refractivity contribution in [2.75, 3.05) is 20.8 Å². The topological polar surface area (TPSA) is 30.5 Å². The Balaban J connectivity index is 2.38. The van der Waals surface area contributed by atoms with E-state index in [1.54, 1.807) is 14.2 Å². The van der Waals surface area contributed by atoms with E-state index in [1.807, 2.05) is 18.2 Å². The predicted molar refractivity (Wildman–Crippen MR) is 73.2 cm³/mol. The van der Waals surface area contributed by atoms with Crippen LogP contribution in [0, 0.1) is 11.8 Å². The summed E-state index contributed by atoms with van der Waals surface area (Å²) < 4.78 is 11.0. The summed E-state index contributed by atoms with van der Waals surface area (Å²) in [5.74, 6) is 3.30. The van der Waals surface area contributed by atoms with Crippen molar-refractivity contribution in [1.29, 1.82) is 0 Å². The molecular formula is C15H23NO2. The van der Waals surface area contributed by atoms with Crippen LogP contribution in [0.25, 0.3) is 0 Å². The summed E-state index contributed by atoms with van der Waals surface area (Å²) in [4.78, 5) is 0. The fourth-order valence-electron chi connectivity index (χ4n) is 2.69. The van der Waals surface area contributed by atoms with Gasteiger partial charge in [-0.25, -0.2) is 0 Å². The molecule has 3 atom stereocenters. The molecule has 1 fully saturated rings. The Labute approximate surface area is 109 Å². The molecule has 1 aromatic rings. The van der Waals surface area contributed by atoms with Crippen LogP contribution in [0.15, 0.2) is 18.2 Å². The van der Waals surface area contributed by atoms with Crippen LogP contribution in [0.1, 0.15) is 31.9 Å². The molecule has 3 unspecified atom stereocenters. The maximum atomic E-state index is 5.51. The lowest BCUT2D eigenvalue weighted by molar-refractivity contribution is 0.360. The van der Waals surface area contributed by atoms with Gasteiger partial charge in [0, 0.05) is 6.04 Å². The van der Waals surface area contributed by atoms with Crippen molar-refractivity contribution in [3.63, 3.8) is 0 Å². The van der Waals surface area contributed by atoms with Gasteiger partial charge in [-0.15, -0.1) is 0 Å². The summed E-state index contributed by atoms with van der Waals surface area (Å²) in [5.41, 5.74) is 1.17. The van der Waals surface area contributed by atoms with Crippen molar-refractivity contribution in [3.8, 4) is 11.5 Å². The normalized spacial score (nSPS) is 23.6. The molecule has 3 nitrogen and oxygen atoms in total. The van der Waals surface area contributed by atoms with Crippen molar-refractivity contribution in [3.05, 3.63) is 23.8 Å². The van der Waals surface area contributed by atoms with E-state index in [-0.39, 0.29) is 0 Å². The Morgan fingerprint density at radius 1 is 1.28 bits per heavy atom. The molecule has 0 bridgehead atoms. The fraction of sp³-hybridized carbons (Fsp3) is 0.600. The molecule has 18 heavy (non-hydrogen) atoms. The number of methoxy groups -OCH3 is 2. The Hall–Kier alpha value is -1.22. The molecule has 1 aliphatic rings. The quantitative estimate of drug-likeness (QED) is 0.840. The van der Waals surface area contributed by atoms with Gasteiger partial charge in [-0.05, 0) is 36.9 Å². The summed E-state index contributed by atoms with van der Waals surface area (Å²) in [6, 6.07) is 6.32. The van der Waals surface area contributed by atoms with Gasteiger partial charge in [0.15, 0.2) is 0 Å². The number of hydrogen-bond acceptors (Lipinski definition) is 3. The van der Waals surface area contributed by atoms with E-state index in [9.17, 15) is 0 Å². The minimum Gasteiger partial charge on any atom is -0.496 e. The first-order valence-electron chi connectivity index (χ1n) is 6.67. The molecule has 0 aromatic heterocycles. The molecule has 0 amide bonds. The lowest BCUT2D eigenvalue weighted by Crippen LogP contribution is -2.24. The minimum atomic E-state index is 0.330. The fourth-order valence-corrected chi connectivity index (χ4v) is 2.69. The summed E-state index contributed by atoms with van der Waals surface area (Å²) in [6.07, 6.45) is 1.28. The molecule has 0 heterocycles. The number of hydrogen-bond donors (Lipinski definition) is 1. The summed E-state index contributed by atoms with van der Waals surface area (Å²) in [6.45, 7) is 5.40. The van der Waals surface area contributed by atoms with Crippen LogP contribution in [0.4, 0.5) is 0 Å². The second kappa shape index (κ2) is 5.61. The van der Waals surface area contributed by atoms with Gasteiger partial charge < -0.3 is 14.8 Å². The zero-order valence-corrected chi connectivity index (χ0v) is 11.7. The molecule has 0 radical (unpaired) electrons. The van der Waals surface area contributed by atoms with Crippen LogP contribution >= 0.6 is 0 Å². The van der Waals surface area contributed by atoms with Gasteiger partial charge in [-0.1, -0.05) is 19.9 Å².